The average Bonchev–Trinajstić information content (AvgIpc) is 2.08. The highest BCUT2D eigenvalue weighted by molar-refractivity contribution is 5.75. The Morgan fingerprint density at radius 3 is 2.54 bits per heavy atom. The van der Waals surface area contributed by atoms with Crippen LogP contribution >= 0.6 is 0 Å². The van der Waals surface area contributed by atoms with Gasteiger partial charge in [0.2, 0.25) is 5.91 Å². The molecular formula is C10H22N2O. The van der Waals surface area contributed by atoms with Crippen LogP contribution in [0, 0.1) is 5.92 Å². The first-order valence-electron chi connectivity index (χ1n) is 5.08. The lowest BCUT2D eigenvalue weighted by molar-refractivity contribution is -0.120. The summed E-state index contributed by atoms with van der Waals surface area (Å²) in [5, 5.41) is 5.84. The molecule has 0 radical (unpaired) electrons. The number of nitrogens with one attached hydrogen (secondary N) is 2. The minimum Gasteiger partial charge on any atom is -0.356 e. The number of hydrogen-bond donors (Lipinski definition) is 2. The van der Waals surface area contributed by atoms with Gasteiger partial charge in [-0.05, 0) is 25.8 Å². The van der Waals surface area contributed by atoms with E-state index in [9.17, 15) is 4.79 Å². The van der Waals surface area contributed by atoms with Gasteiger partial charge in [0.05, 0.1) is 0 Å². The lowest BCUT2D eigenvalue weighted by atomic mass is 10.1. The van der Waals surface area contributed by atoms with Gasteiger partial charge in [0.25, 0.3) is 0 Å². The van der Waals surface area contributed by atoms with Crippen molar-refractivity contribution < 1.29 is 4.79 Å². The Hall–Kier alpha value is -0.570. The SMILES string of the molecule is CNCCC(=O)NCCCC(C)C. The molecule has 0 aliphatic rings. The second-order valence-corrected chi connectivity index (χ2v) is 3.74. The topological polar surface area (TPSA) is 41.1 Å². The van der Waals surface area contributed by atoms with Crippen LogP contribution in [0.15, 0.2) is 0 Å². The van der Waals surface area contributed by atoms with E-state index in [1.165, 1.54) is 6.42 Å². The average molecular weight is 186 g/mol. The van der Waals surface area contributed by atoms with Crippen molar-refractivity contribution in [3.05, 3.63) is 0 Å². The molecule has 0 fully saturated rings. The minimum atomic E-state index is 0.151. The van der Waals surface area contributed by atoms with E-state index in [2.05, 4.69) is 24.5 Å². The summed E-state index contributed by atoms with van der Waals surface area (Å²) in [5.74, 6) is 0.882. The Morgan fingerprint density at radius 2 is 2.00 bits per heavy atom. The predicted octanol–water partition coefficient (Wildman–Crippen LogP) is 1.15. The summed E-state index contributed by atoms with van der Waals surface area (Å²) in [6.45, 7) is 5.97. The summed E-state index contributed by atoms with van der Waals surface area (Å²) in [7, 11) is 1.85. The number of amides is 1. The molecule has 3 nitrogen and oxygen atoms in total. The van der Waals surface area contributed by atoms with Crippen molar-refractivity contribution in [1.29, 1.82) is 0 Å². The smallest absolute Gasteiger partial charge is 0.221 e. The zero-order chi connectivity index (χ0) is 10.1. The Labute approximate surface area is 81.3 Å². The van der Waals surface area contributed by atoms with Gasteiger partial charge in [-0.15, -0.1) is 0 Å². The third-order valence-electron chi connectivity index (χ3n) is 1.88. The molecule has 0 aromatic carbocycles. The fraction of sp³-hybridized carbons (Fsp3) is 0.900. The normalized spacial score (nSPS) is 10.5. The van der Waals surface area contributed by atoms with Crippen LogP contribution in [-0.2, 0) is 4.79 Å². The van der Waals surface area contributed by atoms with Gasteiger partial charge in [-0.3, -0.25) is 4.79 Å². The van der Waals surface area contributed by atoms with E-state index in [-0.39, 0.29) is 5.91 Å². The summed E-state index contributed by atoms with van der Waals surface area (Å²) in [5.41, 5.74) is 0. The molecule has 1 amide bonds. The molecule has 0 unspecified atom stereocenters. The van der Waals surface area contributed by atoms with Crippen LogP contribution in [0.4, 0.5) is 0 Å². The van der Waals surface area contributed by atoms with Gasteiger partial charge in [-0.25, -0.2) is 0 Å². The summed E-state index contributed by atoms with van der Waals surface area (Å²) in [4.78, 5) is 11.1. The third kappa shape index (κ3) is 9.34. The maximum absolute atomic E-state index is 11.1. The largest absolute Gasteiger partial charge is 0.356 e. The van der Waals surface area contributed by atoms with Crippen molar-refractivity contribution in [2.45, 2.75) is 33.1 Å². The zero-order valence-corrected chi connectivity index (χ0v) is 9.02. The molecule has 0 bridgehead atoms. The van der Waals surface area contributed by atoms with Gasteiger partial charge in [0.1, 0.15) is 0 Å². The first kappa shape index (κ1) is 12.4. The summed E-state index contributed by atoms with van der Waals surface area (Å²) in [6, 6.07) is 0. The summed E-state index contributed by atoms with van der Waals surface area (Å²) in [6.07, 6.45) is 2.85. The molecular weight excluding hydrogens is 164 g/mol. The maximum Gasteiger partial charge on any atom is 0.221 e. The third-order valence-corrected chi connectivity index (χ3v) is 1.88. The molecule has 0 atom stereocenters. The lowest BCUT2D eigenvalue weighted by Gasteiger charge is -2.06. The molecule has 0 rings (SSSR count). The van der Waals surface area contributed by atoms with Crippen molar-refractivity contribution in [2.24, 2.45) is 5.92 Å². The summed E-state index contributed by atoms with van der Waals surface area (Å²) < 4.78 is 0. The number of hydrogen-bond acceptors (Lipinski definition) is 2. The van der Waals surface area contributed by atoms with Crippen LogP contribution in [0.25, 0.3) is 0 Å². The van der Waals surface area contributed by atoms with Crippen LogP contribution in [-0.4, -0.2) is 26.0 Å². The Kier molecular flexibility index (Phi) is 7.69. The molecule has 0 aromatic heterocycles. The van der Waals surface area contributed by atoms with E-state index < -0.39 is 0 Å². The minimum absolute atomic E-state index is 0.151. The molecule has 0 aliphatic carbocycles. The highest BCUT2D eigenvalue weighted by Crippen LogP contribution is 2.01. The Bertz CT molecular complexity index is 135. The number of carbonyl (C=O) groups is 1. The quantitative estimate of drug-likeness (QED) is 0.586. The van der Waals surface area contributed by atoms with Gasteiger partial charge in [0, 0.05) is 19.5 Å². The van der Waals surface area contributed by atoms with Crippen molar-refractivity contribution in [2.75, 3.05) is 20.1 Å². The van der Waals surface area contributed by atoms with Crippen LogP contribution in [0.1, 0.15) is 33.1 Å². The Balaban J connectivity index is 3.17. The molecule has 0 aromatic rings. The fourth-order valence-electron chi connectivity index (χ4n) is 1.07. The number of rotatable bonds is 7. The molecule has 0 spiro atoms. The van der Waals surface area contributed by atoms with E-state index in [4.69, 9.17) is 0 Å². The molecule has 78 valence electrons. The maximum atomic E-state index is 11.1. The molecule has 0 saturated carbocycles. The van der Waals surface area contributed by atoms with Crippen LogP contribution in [0.5, 0.6) is 0 Å². The van der Waals surface area contributed by atoms with Gasteiger partial charge in [-0.2, -0.15) is 0 Å². The molecule has 0 saturated heterocycles. The second kappa shape index (κ2) is 8.05. The van der Waals surface area contributed by atoms with Crippen LogP contribution in [0.2, 0.25) is 0 Å². The van der Waals surface area contributed by atoms with Crippen molar-refractivity contribution in [3.63, 3.8) is 0 Å². The molecule has 3 heteroatoms. The fourth-order valence-corrected chi connectivity index (χ4v) is 1.07. The lowest BCUT2D eigenvalue weighted by Crippen LogP contribution is -2.27. The van der Waals surface area contributed by atoms with Crippen molar-refractivity contribution in [3.8, 4) is 0 Å². The van der Waals surface area contributed by atoms with Gasteiger partial charge in [0.15, 0.2) is 0 Å². The van der Waals surface area contributed by atoms with Crippen LogP contribution in [0.3, 0.4) is 0 Å². The molecule has 2 N–H and O–H groups in total. The van der Waals surface area contributed by atoms with E-state index in [0.29, 0.717) is 6.42 Å². The molecule has 0 aliphatic heterocycles. The van der Waals surface area contributed by atoms with Gasteiger partial charge < -0.3 is 10.6 Å². The van der Waals surface area contributed by atoms with E-state index in [1.54, 1.807) is 0 Å². The highest BCUT2D eigenvalue weighted by atomic mass is 16.1. The Morgan fingerprint density at radius 1 is 1.31 bits per heavy atom. The summed E-state index contributed by atoms with van der Waals surface area (Å²) >= 11 is 0. The predicted molar refractivity (Wildman–Crippen MR) is 55.6 cm³/mol. The molecule has 0 heterocycles. The van der Waals surface area contributed by atoms with Crippen molar-refractivity contribution >= 4 is 5.91 Å². The standard InChI is InChI=1S/C10H22N2O/c1-9(2)5-4-7-12-10(13)6-8-11-3/h9,11H,4-8H2,1-3H3,(H,12,13). The van der Waals surface area contributed by atoms with E-state index >= 15 is 0 Å². The van der Waals surface area contributed by atoms with E-state index in [0.717, 1.165) is 25.4 Å². The highest BCUT2D eigenvalue weighted by Gasteiger charge is 1.99. The first-order valence-corrected chi connectivity index (χ1v) is 5.08. The first-order chi connectivity index (χ1) is 6.16. The van der Waals surface area contributed by atoms with E-state index in [1.807, 2.05) is 7.05 Å². The van der Waals surface area contributed by atoms with Crippen molar-refractivity contribution in [1.82, 2.24) is 10.6 Å². The monoisotopic (exact) mass is 186 g/mol. The van der Waals surface area contributed by atoms with Gasteiger partial charge in [-0.1, -0.05) is 13.8 Å². The second-order valence-electron chi connectivity index (χ2n) is 3.74. The molecule has 13 heavy (non-hydrogen) atoms. The van der Waals surface area contributed by atoms with Gasteiger partial charge >= 0.3 is 0 Å². The zero-order valence-electron chi connectivity index (χ0n) is 9.02. The number of carbonyl (C=O) groups excluding carboxylic acids is 1. The van der Waals surface area contributed by atoms with Crippen LogP contribution < -0.4 is 10.6 Å².